The molecule has 2 nitrogen and oxygen atoms in total. The molecule has 0 saturated heterocycles. The van der Waals surface area contributed by atoms with E-state index in [2.05, 4.69) is 0 Å². The summed E-state index contributed by atoms with van der Waals surface area (Å²) in [7, 11) is -1.12. The van der Waals surface area contributed by atoms with E-state index in [4.69, 9.17) is 0 Å². The fourth-order valence-corrected chi connectivity index (χ4v) is 2.96. The van der Waals surface area contributed by atoms with E-state index in [1.807, 2.05) is 31.2 Å². The van der Waals surface area contributed by atoms with Gasteiger partial charge in [-0.05, 0) is 43.9 Å². The van der Waals surface area contributed by atoms with Gasteiger partial charge in [0.1, 0.15) is 0 Å². The Morgan fingerprint density at radius 2 is 2.06 bits per heavy atom. The molecular weight excluding hydrogens is 220 g/mol. The van der Waals surface area contributed by atoms with E-state index in [0.29, 0.717) is 0 Å². The van der Waals surface area contributed by atoms with Crippen molar-refractivity contribution in [2.75, 3.05) is 0 Å². The number of aryl methyl sites for hydroxylation is 1. The van der Waals surface area contributed by atoms with E-state index >= 15 is 0 Å². The van der Waals surface area contributed by atoms with E-state index in [1.54, 1.807) is 5.41 Å². The molecule has 2 atom stereocenters. The van der Waals surface area contributed by atoms with E-state index in [9.17, 15) is 9.32 Å². The molecular formula is C13H16O2S. The Bertz CT molecular complexity index is 420. The van der Waals surface area contributed by atoms with Crippen molar-refractivity contribution in [3.63, 3.8) is 0 Å². The highest BCUT2D eigenvalue weighted by molar-refractivity contribution is 7.88. The molecule has 1 aliphatic carbocycles. The molecule has 1 aliphatic rings. The zero-order chi connectivity index (χ0) is 11.5. The van der Waals surface area contributed by atoms with Gasteiger partial charge in [-0.15, -0.1) is 0 Å². The zero-order valence-corrected chi connectivity index (χ0v) is 10.2. The van der Waals surface area contributed by atoms with Crippen LogP contribution in [0.3, 0.4) is 0 Å². The lowest BCUT2D eigenvalue weighted by Gasteiger charge is -2.04. The van der Waals surface area contributed by atoms with E-state index < -0.39 is 10.8 Å². The van der Waals surface area contributed by atoms with Crippen molar-refractivity contribution < 1.29 is 9.32 Å². The van der Waals surface area contributed by atoms with Gasteiger partial charge in [0.25, 0.3) is 0 Å². The minimum absolute atomic E-state index is 0.380. The smallest absolute Gasteiger partial charge is 0.0776 e. The van der Waals surface area contributed by atoms with Crippen molar-refractivity contribution in [3.8, 4) is 0 Å². The van der Waals surface area contributed by atoms with Gasteiger partial charge in [0.05, 0.1) is 16.9 Å². The molecule has 0 bridgehead atoms. The van der Waals surface area contributed by atoms with Gasteiger partial charge in [0.15, 0.2) is 0 Å². The Morgan fingerprint density at radius 1 is 1.38 bits per heavy atom. The molecule has 0 aromatic heterocycles. The highest BCUT2D eigenvalue weighted by atomic mass is 32.2. The fourth-order valence-electron chi connectivity index (χ4n) is 1.87. The molecule has 0 radical (unpaired) electrons. The molecule has 86 valence electrons. The second-order valence-electron chi connectivity index (χ2n) is 4.21. The standard InChI is InChI=1S/C13H16O2S/c1-10-5-7-12(8-6-10)16(15)9-11-3-2-4-13(11)14/h5-9,13-14H,2-4H2,1H3/b11-9-/t13-,16?/m0/s1. The number of aliphatic hydroxyl groups excluding tert-OH is 1. The molecule has 1 fully saturated rings. The molecule has 0 amide bonds. The quantitative estimate of drug-likeness (QED) is 0.856. The van der Waals surface area contributed by atoms with E-state index in [1.165, 1.54) is 0 Å². The summed E-state index contributed by atoms with van der Waals surface area (Å²) in [5.41, 5.74) is 2.09. The predicted octanol–water partition coefficient (Wildman–Crippen LogP) is 2.53. The van der Waals surface area contributed by atoms with Crippen LogP contribution in [-0.2, 0) is 10.8 Å². The normalized spacial score (nSPS) is 24.9. The highest BCUT2D eigenvalue weighted by Gasteiger charge is 2.18. The Kier molecular flexibility index (Phi) is 3.56. The lowest BCUT2D eigenvalue weighted by Crippen LogP contribution is -2.02. The third-order valence-corrected chi connectivity index (χ3v) is 4.14. The van der Waals surface area contributed by atoms with Gasteiger partial charge in [-0.1, -0.05) is 17.7 Å². The molecule has 16 heavy (non-hydrogen) atoms. The first kappa shape index (κ1) is 11.6. The van der Waals surface area contributed by atoms with Crippen molar-refractivity contribution in [1.82, 2.24) is 0 Å². The van der Waals surface area contributed by atoms with Crippen LogP contribution in [0.1, 0.15) is 24.8 Å². The average Bonchev–Trinajstić information content (AvgIpc) is 2.65. The van der Waals surface area contributed by atoms with E-state index in [0.717, 1.165) is 35.3 Å². The molecule has 0 aliphatic heterocycles. The van der Waals surface area contributed by atoms with Gasteiger partial charge >= 0.3 is 0 Å². The first-order valence-electron chi connectivity index (χ1n) is 5.53. The second kappa shape index (κ2) is 4.93. The third kappa shape index (κ3) is 2.60. The SMILES string of the molecule is Cc1ccc(S(=O)/C=C2/CCC[C@@H]2O)cc1. The Morgan fingerprint density at radius 3 is 2.62 bits per heavy atom. The predicted molar refractivity (Wildman–Crippen MR) is 65.5 cm³/mol. The Labute approximate surface area is 98.5 Å². The van der Waals surface area contributed by atoms with Gasteiger partial charge in [-0.25, -0.2) is 4.21 Å². The molecule has 1 aromatic rings. The summed E-state index contributed by atoms with van der Waals surface area (Å²) in [5.74, 6) is 0. The maximum atomic E-state index is 12.0. The van der Waals surface area contributed by atoms with Crippen LogP contribution in [0.4, 0.5) is 0 Å². The van der Waals surface area contributed by atoms with Gasteiger partial charge in [-0.2, -0.15) is 0 Å². The lowest BCUT2D eigenvalue weighted by atomic mass is 10.2. The van der Waals surface area contributed by atoms with Crippen molar-refractivity contribution in [2.24, 2.45) is 0 Å². The van der Waals surface area contributed by atoms with Crippen LogP contribution in [0.2, 0.25) is 0 Å². The first-order valence-corrected chi connectivity index (χ1v) is 6.74. The summed E-state index contributed by atoms with van der Waals surface area (Å²) >= 11 is 0. The van der Waals surface area contributed by atoms with Crippen LogP contribution < -0.4 is 0 Å². The summed E-state index contributed by atoms with van der Waals surface area (Å²) in [4.78, 5) is 0.803. The molecule has 1 saturated carbocycles. The largest absolute Gasteiger partial charge is 0.389 e. The number of rotatable bonds is 2. The van der Waals surface area contributed by atoms with Crippen molar-refractivity contribution in [1.29, 1.82) is 0 Å². The molecule has 0 heterocycles. The maximum absolute atomic E-state index is 12.0. The van der Waals surface area contributed by atoms with Gasteiger partial charge in [-0.3, -0.25) is 0 Å². The minimum atomic E-state index is -1.12. The maximum Gasteiger partial charge on any atom is 0.0776 e. The van der Waals surface area contributed by atoms with Gasteiger partial charge in [0.2, 0.25) is 0 Å². The molecule has 2 rings (SSSR count). The van der Waals surface area contributed by atoms with Gasteiger partial charge < -0.3 is 5.11 Å². The number of hydrogen-bond donors (Lipinski definition) is 1. The Balaban J connectivity index is 2.16. The van der Waals surface area contributed by atoms with Crippen LogP contribution in [0.5, 0.6) is 0 Å². The third-order valence-electron chi connectivity index (χ3n) is 2.88. The number of aliphatic hydroxyl groups is 1. The van der Waals surface area contributed by atoms with E-state index in [-0.39, 0.29) is 6.10 Å². The topological polar surface area (TPSA) is 37.3 Å². The monoisotopic (exact) mass is 236 g/mol. The molecule has 1 unspecified atom stereocenters. The van der Waals surface area contributed by atoms with Crippen LogP contribution in [0, 0.1) is 6.92 Å². The number of hydrogen-bond acceptors (Lipinski definition) is 2. The summed E-state index contributed by atoms with van der Waals surface area (Å²) in [6.45, 7) is 2.01. The van der Waals surface area contributed by atoms with Crippen molar-refractivity contribution in [3.05, 3.63) is 40.8 Å². The summed E-state index contributed by atoms with van der Waals surface area (Å²) in [5, 5.41) is 11.3. The summed E-state index contributed by atoms with van der Waals surface area (Å²) in [6.07, 6.45) is 2.29. The highest BCUT2D eigenvalue weighted by Crippen LogP contribution is 2.26. The molecule has 1 aromatic carbocycles. The summed E-state index contributed by atoms with van der Waals surface area (Å²) < 4.78 is 12.0. The number of benzene rings is 1. The Hall–Kier alpha value is -0.930. The van der Waals surface area contributed by atoms with Crippen LogP contribution in [-0.4, -0.2) is 15.4 Å². The zero-order valence-electron chi connectivity index (χ0n) is 9.35. The molecule has 1 N–H and O–H groups in total. The second-order valence-corrected chi connectivity index (χ2v) is 5.51. The van der Waals surface area contributed by atoms with Crippen LogP contribution in [0.15, 0.2) is 40.1 Å². The van der Waals surface area contributed by atoms with Gasteiger partial charge in [0, 0.05) is 10.3 Å². The van der Waals surface area contributed by atoms with Crippen molar-refractivity contribution >= 4 is 10.8 Å². The first-order chi connectivity index (χ1) is 7.66. The fraction of sp³-hybridized carbons (Fsp3) is 0.385. The van der Waals surface area contributed by atoms with Crippen molar-refractivity contribution in [2.45, 2.75) is 37.2 Å². The minimum Gasteiger partial charge on any atom is -0.389 e. The summed E-state index contributed by atoms with van der Waals surface area (Å²) in [6, 6.07) is 7.67. The van der Waals surface area contributed by atoms with Crippen LogP contribution >= 0.6 is 0 Å². The molecule has 3 heteroatoms. The average molecular weight is 236 g/mol. The van der Waals surface area contributed by atoms with Crippen LogP contribution in [0.25, 0.3) is 0 Å². The molecule has 0 spiro atoms. The lowest BCUT2D eigenvalue weighted by molar-refractivity contribution is 0.218.